The fourth-order valence-electron chi connectivity index (χ4n) is 3.53. The van der Waals surface area contributed by atoms with Gasteiger partial charge >= 0.3 is 0 Å². The van der Waals surface area contributed by atoms with E-state index < -0.39 is 0 Å². The minimum atomic E-state index is -0.213. The molecule has 1 saturated heterocycles. The number of carbonyl (C=O) groups excluding carboxylic acids is 1. The molecule has 1 unspecified atom stereocenters. The number of halogens is 1. The second-order valence-electron chi connectivity index (χ2n) is 7.63. The number of ether oxygens (including phenoxy) is 3. The van der Waals surface area contributed by atoms with Crippen molar-refractivity contribution in [3.8, 4) is 11.5 Å². The van der Waals surface area contributed by atoms with Crippen molar-refractivity contribution in [2.45, 2.75) is 25.4 Å². The summed E-state index contributed by atoms with van der Waals surface area (Å²) in [6.07, 6.45) is 3.00. The fourth-order valence-corrected chi connectivity index (χ4v) is 4.02. The summed E-state index contributed by atoms with van der Waals surface area (Å²) in [7, 11) is 0. The molecule has 1 amide bonds. The van der Waals surface area contributed by atoms with Gasteiger partial charge < -0.3 is 19.5 Å². The molecule has 3 aromatic rings. The van der Waals surface area contributed by atoms with E-state index in [2.05, 4.69) is 33.4 Å². The molecule has 0 aromatic heterocycles. The van der Waals surface area contributed by atoms with Gasteiger partial charge in [0.05, 0.1) is 22.9 Å². The van der Waals surface area contributed by atoms with Crippen molar-refractivity contribution in [2.75, 3.05) is 25.1 Å². The van der Waals surface area contributed by atoms with E-state index in [1.165, 1.54) is 5.56 Å². The Morgan fingerprint density at radius 1 is 1.00 bits per heavy atom. The first-order valence-corrected chi connectivity index (χ1v) is 11.6. The zero-order valence-corrected chi connectivity index (χ0v) is 19.3. The Morgan fingerprint density at radius 2 is 1.81 bits per heavy atom. The number of hydrogen-bond acceptors (Lipinski definition) is 4. The highest BCUT2D eigenvalue weighted by Gasteiger charge is 2.17. The van der Waals surface area contributed by atoms with E-state index in [-0.39, 0.29) is 12.0 Å². The third-order valence-corrected chi connectivity index (χ3v) is 5.89. The first-order chi connectivity index (χ1) is 15.7. The van der Waals surface area contributed by atoms with Gasteiger partial charge in [-0.05, 0) is 64.7 Å². The predicted octanol–water partition coefficient (Wildman–Crippen LogP) is 5.88. The number of nitrogens with one attached hydrogen (secondary N) is 1. The lowest BCUT2D eigenvalue weighted by Gasteiger charge is -2.15. The van der Waals surface area contributed by atoms with Crippen molar-refractivity contribution in [1.29, 1.82) is 0 Å². The van der Waals surface area contributed by atoms with E-state index >= 15 is 0 Å². The van der Waals surface area contributed by atoms with Crippen LogP contribution < -0.4 is 14.8 Å². The smallest absolute Gasteiger partial charge is 0.255 e. The first kappa shape index (κ1) is 22.4. The molecule has 0 saturated carbocycles. The van der Waals surface area contributed by atoms with Crippen LogP contribution in [0.15, 0.2) is 77.3 Å². The summed E-state index contributed by atoms with van der Waals surface area (Å²) < 4.78 is 18.1. The van der Waals surface area contributed by atoms with Gasteiger partial charge in [-0.15, -0.1) is 0 Å². The molecule has 1 atom stereocenters. The van der Waals surface area contributed by atoms with E-state index in [1.54, 1.807) is 12.1 Å². The zero-order valence-electron chi connectivity index (χ0n) is 17.8. The highest BCUT2D eigenvalue weighted by molar-refractivity contribution is 9.10. The molecule has 166 valence electrons. The number of anilines is 1. The summed E-state index contributed by atoms with van der Waals surface area (Å²) in [5, 5.41) is 2.95. The quantitative estimate of drug-likeness (QED) is 0.402. The van der Waals surface area contributed by atoms with Gasteiger partial charge in [-0.1, -0.05) is 42.5 Å². The standard InChI is InChI=1S/C26H26BrNO4/c27-22-17-20(12-13-24(22)31-16-14-19-7-2-1-3-8-19)26(29)28-23-10-4-5-11-25(23)32-18-21-9-6-15-30-21/h1-5,7-8,10-13,17,21H,6,9,14-16,18H2,(H,28,29). The SMILES string of the molecule is O=C(Nc1ccccc1OCC1CCCO1)c1ccc(OCCc2ccccc2)c(Br)c1. The molecule has 1 aliphatic heterocycles. The van der Waals surface area contributed by atoms with Crippen LogP contribution in [0, 0.1) is 0 Å². The molecule has 0 bridgehead atoms. The van der Waals surface area contributed by atoms with Crippen LogP contribution in [0.25, 0.3) is 0 Å². The molecule has 32 heavy (non-hydrogen) atoms. The van der Waals surface area contributed by atoms with E-state index in [4.69, 9.17) is 14.2 Å². The Hall–Kier alpha value is -2.83. The lowest BCUT2D eigenvalue weighted by atomic mass is 10.1. The van der Waals surface area contributed by atoms with Gasteiger partial charge in [0.15, 0.2) is 0 Å². The summed E-state index contributed by atoms with van der Waals surface area (Å²) >= 11 is 3.52. The highest BCUT2D eigenvalue weighted by Crippen LogP contribution is 2.29. The maximum atomic E-state index is 12.8. The van der Waals surface area contributed by atoms with Gasteiger partial charge in [-0.3, -0.25) is 4.79 Å². The van der Waals surface area contributed by atoms with Crippen LogP contribution in [0.4, 0.5) is 5.69 Å². The maximum absolute atomic E-state index is 12.8. The highest BCUT2D eigenvalue weighted by atomic mass is 79.9. The van der Waals surface area contributed by atoms with Crippen LogP contribution in [-0.2, 0) is 11.2 Å². The normalized spacial score (nSPS) is 15.3. The molecule has 6 heteroatoms. The second-order valence-corrected chi connectivity index (χ2v) is 8.48. The third kappa shape index (κ3) is 6.11. The lowest BCUT2D eigenvalue weighted by molar-refractivity contribution is 0.0682. The van der Waals surface area contributed by atoms with Crippen LogP contribution in [-0.4, -0.2) is 31.8 Å². The number of carbonyl (C=O) groups is 1. The van der Waals surface area contributed by atoms with Gasteiger partial charge in [0.25, 0.3) is 5.91 Å². The van der Waals surface area contributed by atoms with Crippen molar-refractivity contribution in [3.63, 3.8) is 0 Å². The molecule has 4 rings (SSSR count). The van der Waals surface area contributed by atoms with E-state index in [1.807, 2.05) is 48.5 Å². The first-order valence-electron chi connectivity index (χ1n) is 10.8. The fraction of sp³-hybridized carbons (Fsp3) is 0.269. The summed E-state index contributed by atoms with van der Waals surface area (Å²) in [4.78, 5) is 12.8. The van der Waals surface area contributed by atoms with Crippen LogP contribution in [0.1, 0.15) is 28.8 Å². The van der Waals surface area contributed by atoms with Gasteiger partial charge in [-0.2, -0.15) is 0 Å². The van der Waals surface area contributed by atoms with E-state index in [9.17, 15) is 4.79 Å². The Morgan fingerprint density at radius 3 is 2.59 bits per heavy atom. The van der Waals surface area contributed by atoms with Crippen LogP contribution in [0.3, 0.4) is 0 Å². The zero-order chi connectivity index (χ0) is 22.2. The molecule has 0 spiro atoms. The molecule has 0 aliphatic carbocycles. The third-order valence-electron chi connectivity index (χ3n) is 5.27. The molecule has 0 radical (unpaired) electrons. The molecule has 5 nitrogen and oxygen atoms in total. The largest absolute Gasteiger partial charge is 0.492 e. The van der Waals surface area contributed by atoms with Gasteiger partial charge in [0.2, 0.25) is 0 Å². The van der Waals surface area contributed by atoms with Crippen molar-refractivity contribution in [2.24, 2.45) is 0 Å². The van der Waals surface area contributed by atoms with Crippen molar-refractivity contribution in [1.82, 2.24) is 0 Å². The van der Waals surface area contributed by atoms with Crippen molar-refractivity contribution >= 4 is 27.5 Å². The number of amides is 1. The topological polar surface area (TPSA) is 56.8 Å². The number of para-hydroxylation sites is 2. The summed E-state index contributed by atoms with van der Waals surface area (Å²) in [5.41, 5.74) is 2.39. The van der Waals surface area contributed by atoms with E-state index in [0.29, 0.717) is 36.0 Å². The molecule has 3 aromatic carbocycles. The Bertz CT molecular complexity index is 1040. The Balaban J connectivity index is 1.34. The summed E-state index contributed by atoms with van der Waals surface area (Å²) in [5.74, 6) is 1.13. The lowest BCUT2D eigenvalue weighted by Crippen LogP contribution is -2.18. The minimum absolute atomic E-state index is 0.115. The monoisotopic (exact) mass is 495 g/mol. The minimum Gasteiger partial charge on any atom is -0.492 e. The van der Waals surface area contributed by atoms with Crippen molar-refractivity contribution in [3.05, 3.63) is 88.4 Å². The number of hydrogen-bond donors (Lipinski definition) is 1. The van der Waals surface area contributed by atoms with Crippen LogP contribution in [0.5, 0.6) is 11.5 Å². The molecule has 1 aliphatic rings. The average molecular weight is 496 g/mol. The van der Waals surface area contributed by atoms with E-state index in [0.717, 1.165) is 30.3 Å². The Kier molecular flexibility index (Phi) is 7.80. The van der Waals surface area contributed by atoms with Gasteiger partial charge in [0.1, 0.15) is 18.1 Å². The van der Waals surface area contributed by atoms with Crippen LogP contribution in [0.2, 0.25) is 0 Å². The molecule has 1 heterocycles. The summed E-state index contributed by atoms with van der Waals surface area (Å²) in [6, 6.07) is 23.0. The Labute approximate surface area is 196 Å². The predicted molar refractivity (Wildman–Crippen MR) is 129 cm³/mol. The maximum Gasteiger partial charge on any atom is 0.255 e. The second kappa shape index (κ2) is 11.2. The molecular formula is C26H26BrNO4. The number of rotatable bonds is 9. The van der Waals surface area contributed by atoms with Crippen molar-refractivity contribution < 1.29 is 19.0 Å². The average Bonchev–Trinajstić information content (AvgIpc) is 3.34. The molecule has 1 N–H and O–H groups in total. The molecule has 1 fully saturated rings. The van der Waals surface area contributed by atoms with Crippen LogP contribution >= 0.6 is 15.9 Å². The van der Waals surface area contributed by atoms with Gasteiger partial charge in [0, 0.05) is 18.6 Å². The number of benzene rings is 3. The summed E-state index contributed by atoms with van der Waals surface area (Å²) in [6.45, 7) is 1.82. The van der Waals surface area contributed by atoms with Gasteiger partial charge in [-0.25, -0.2) is 0 Å². The molecular weight excluding hydrogens is 470 g/mol.